The van der Waals surface area contributed by atoms with Crippen molar-refractivity contribution < 1.29 is 9.59 Å². The number of piperazine rings is 1. The van der Waals surface area contributed by atoms with E-state index in [1.165, 1.54) is 0 Å². The van der Waals surface area contributed by atoms with E-state index in [9.17, 15) is 9.59 Å². The molecule has 0 spiro atoms. The predicted octanol–water partition coefficient (Wildman–Crippen LogP) is 1.39. The second-order valence-electron chi connectivity index (χ2n) is 5.49. The summed E-state index contributed by atoms with van der Waals surface area (Å²) < 4.78 is 0. The second-order valence-corrected chi connectivity index (χ2v) is 6.47. The van der Waals surface area contributed by atoms with Crippen molar-refractivity contribution in [1.82, 2.24) is 15.5 Å². The smallest absolute Gasteiger partial charge is 0.234 e. The van der Waals surface area contributed by atoms with Crippen LogP contribution in [0.3, 0.4) is 0 Å². The molecular formula is C17H19N3O2S. The normalized spacial score (nSPS) is 16.6. The van der Waals surface area contributed by atoms with Gasteiger partial charge in [-0.15, -0.1) is 11.3 Å². The highest BCUT2D eigenvalue weighted by Crippen LogP contribution is 2.25. The molecule has 2 N–H and O–H groups in total. The van der Waals surface area contributed by atoms with Crippen molar-refractivity contribution in [2.24, 2.45) is 0 Å². The average Bonchev–Trinajstić information content (AvgIpc) is 3.07. The van der Waals surface area contributed by atoms with Crippen LogP contribution < -0.4 is 10.6 Å². The van der Waals surface area contributed by atoms with E-state index in [0.29, 0.717) is 13.1 Å². The quantitative estimate of drug-likeness (QED) is 0.871. The Morgan fingerprint density at radius 1 is 1.26 bits per heavy atom. The molecule has 23 heavy (non-hydrogen) atoms. The third-order valence-electron chi connectivity index (χ3n) is 3.75. The Morgan fingerprint density at radius 2 is 2.09 bits per heavy atom. The van der Waals surface area contributed by atoms with Gasteiger partial charge in [0.15, 0.2) is 0 Å². The lowest BCUT2D eigenvalue weighted by Crippen LogP contribution is -2.50. The summed E-state index contributed by atoms with van der Waals surface area (Å²) in [5.41, 5.74) is 1.06. The predicted molar refractivity (Wildman–Crippen MR) is 90.2 cm³/mol. The first kappa shape index (κ1) is 15.7. The molecule has 1 aliphatic rings. The van der Waals surface area contributed by atoms with Gasteiger partial charge in [0.25, 0.3) is 0 Å². The summed E-state index contributed by atoms with van der Waals surface area (Å²) in [7, 11) is 0. The van der Waals surface area contributed by atoms with Gasteiger partial charge in [-0.25, -0.2) is 0 Å². The molecule has 6 heteroatoms. The van der Waals surface area contributed by atoms with E-state index >= 15 is 0 Å². The molecule has 0 unspecified atom stereocenters. The molecule has 0 radical (unpaired) electrons. The molecule has 2 aromatic rings. The van der Waals surface area contributed by atoms with Gasteiger partial charge in [-0.2, -0.15) is 0 Å². The fourth-order valence-corrected chi connectivity index (χ4v) is 3.46. The van der Waals surface area contributed by atoms with Gasteiger partial charge in [0, 0.05) is 18.0 Å². The van der Waals surface area contributed by atoms with E-state index in [1.807, 2.05) is 52.7 Å². The topological polar surface area (TPSA) is 61.4 Å². The first-order valence-electron chi connectivity index (χ1n) is 7.59. The van der Waals surface area contributed by atoms with Crippen LogP contribution in [-0.4, -0.2) is 42.9 Å². The summed E-state index contributed by atoms with van der Waals surface area (Å²) in [5.74, 6) is -0.0936. The number of hydrogen-bond donors (Lipinski definition) is 2. The summed E-state index contributed by atoms with van der Waals surface area (Å²) in [6.07, 6.45) is 0. The van der Waals surface area contributed by atoms with Crippen LogP contribution >= 0.6 is 11.3 Å². The minimum absolute atomic E-state index is 0.0260. The van der Waals surface area contributed by atoms with Crippen molar-refractivity contribution in [3.8, 4) is 0 Å². The number of nitrogens with one attached hydrogen (secondary N) is 2. The minimum Gasteiger partial charge on any atom is -0.354 e. The van der Waals surface area contributed by atoms with Crippen molar-refractivity contribution in [3.05, 3.63) is 58.3 Å². The maximum Gasteiger partial charge on any atom is 0.234 e. The van der Waals surface area contributed by atoms with Gasteiger partial charge in [-0.1, -0.05) is 36.4 Å². The van der Waals surface area contributed by atoms with Crippen LogP contribution in [0.25, 0.3) is 0 Å². The highest BCUT2D eigenvalue weighted by molar-refractivity contribution is 7.10. The van der Waals surface area contributed by atoms with Crippen LogP contribution in [-0.2, 0) is 9.59 Å². The summed E-state index contributed by atoms with van der Waals surface area (Å²) in [5, 5.41) is 7.87. The monoisotopic (exact) mass is 329 g/mol. The van der Waals surface area contributed by atoms with Crippen LogP contribution in [0, 0.1) is 0 Å². The second kappa shape index (κ2) is 7.39. The van der Waals surface area contributed by atoms with Crippen molar-refractivity contribution in [2.45, 2.75) is 6.04 Å². The van der Waals surface area contributed by atoms with Crippen molar-refractivity contribution >= 4 is 23.2 Å². The number of amides is 2. The molecule has 0 saturated carbocycles. The van der Waals surface area contributed by atoms with Crippen LogP contribution in [0.2, 0.25) is 0 Å². The minimum atomic E-state index is -0.151. The van der Waals surface area contributed by atoms with E-state index in [1.54, 1.807) is 11.3 Å². The molecule has 1 aromatic heterocycles. The van der Waals surface area contributed by atoms with E-state index in [-0.39, 0.29) is 30.9 Å². The number of rotatable bonds is 5. The van der Waals surface area contributed by atoms with Crippen molar-refractivity contribution in [3.63, 3.8) is 0 Å². The van der Waals surface area contributed by atoms with Gasteiger partial charge in [0.1, 0.15) is 0 Å². The third kappa shape index (κ3) is 4.18. The van der Waals surface area contributed by atoms with Gasteiger partial charge < -0.3 is 10.6 Å². The van der Waals surface area contributed by atoms with Crippen LogP contribution in [0.5, 0.6) is 0 Å². The zero-order valence-corrected chi connectivity index (χ0v) is 13.5. The number of hydrogen-bond acceptors (Lipinski definition) is 4. The molecule has 120 valence electrons. The van der Waals surface area contributed by atoms with Gasteiger partial charge >= 0.3 is 0 Å². The fourth-order valence-electron chi connectivity index (χ4n) is 2.66. The van der Waals surface area contributed by atoms with Crippen molar-refractivity contribution in [1.29, 1.82) is 0 Å². The summed E-state index contributed by atoms with van der Waals surface area (Å²) in [6, 6.07) is 13.8. The van der Waals surface area contributed by atoms with E-state index in [4.69, 9.17) is 0 Å². The molecule has 1 atom stereocenters. The largest absolute Gasteiger partial charge is 0.354 e. The average molecular weight is 329 g/mol. The highest BCUT2D eigenvalue weighted by atomic mass is 32.1. The zero-order chi connectivity index (χ0) is 16.1. The molecule has 0 aliphatic carbocycles. The maximum absolute atomic E-state index is 12.4. The lowest BCUT2D eigenvalue weighted by molar-refractivity contribution is -0.127. The molecule has 1 aromatic carbocycles. The van der Waals surface area contributed by atoms with Crippen molar-refractivity contribution in [2.75, 3.05) is 26.2 Å². The Hall–Kier alpha value is -2.18. The number of thiophene rings is 1. The molecule has 1 saturated heterocycles. The molecule has 2 heterocycles. The van der Waals surface area contributed by atoms with E-state index in [2.05, 4.69) is 10.6 Å². The fraction of sp³-hybridized carbons (Fsp3) is 0.294. The van der Waals surface area contributed by atoms with Gasteiger partial charge in [-0.05, 0) is 17.0 Å². The van der Waals surface area contributed by atoms with Gasteiger partial charge in [0.05, 0.1) is 19.1 Å². The number of carbonyl (C=O) groups excluding carboxylic acids is 2. The summed E-state index contributed by atoms with van der Waals surface area (Å²) >= 11 is 1.62. The SMILES string of the molecule is O=C1CN(CC(=O)N[C@@H](c2ccccc2)c2cccs2)CCN1. The Kier molecular flexibility index (Phi) is 5.05. The molecule has 1 aliphatic heterocycles. The third-order valence-corrected chi connectivity index (χ3v) is 4.69. The number of carbonyl (C=O) groups is 2. The number of nitrogens with zero attached hydrogens (tertiary/aromatic N) is 1. The lowest BCUT2D eigenvalue weighted by Gasteiger charge is -2.27. The molecule has 2 amide bonds. The molecule has 1 fully saturated rings. The highest BCUT2D eigenvalue weighted by Gasteiger charge is 2.22. The first-order valence-corrected chi connectivity index (χ1v) is 8.47. The summed E-state index contributed by atoms with van der Waals surface area (Å²) in [4.78, 5) is 26.8. The van der Waals surface area contributed by atoms with Crippen LogP contribution in [0.4, 0.5) is 0 Å². The van der Waals surface area contributed by atoms with E-state index < -0.39 is 0 Å². The molecule has 0 bridgehead atoms. The molecule has 5 nitrogen and oxygen atoms in total. The number of benzene rings is 1. The van der Waals surface area contributed by atoms with Gasteiger partial charge in [0.2, 0.25) is 11.8 Å². The Labute approximate surface area is 139 Å². The first-order chi connectivity index (χ1) is 11.2. The maximum atomic E-state index is 12.4. The Balaban J connectivity index is 1.69. The Morgan fingerprint density at radius 3 is 2.78 bits per heavy atom. The van der Waals surface area contributed by atoms with Gasteiger partial charge in [-0.3, -0.25) is 14.5 Å². The standard InChI is InChI=1S/C17H19N3O2S/c21-15-11-20(9-8-18-15)12-16(22)19-17(14-7-4-10-23-14)13-5-2-1-3-6-13/h1-7,10,17H,8-9,11-12H2,(H,18,21)(H,19,22)/t17-/m0/s1. The van der Waals surface area contributed by atoms with Crippen LogP contribution in [0.15, 0.2) is 47.8 Å². The Bertz CT molecular complexity index is 658. The zero-order valence-electron chi connectivity index (χ0n) is 12.7. The van der Waals surface area contributed by atoms with Crippen LogP contribution in [0.1, 0.15) is 16.5 Å². The molecular weight excluding hydrogens is 310 g/mol. The molecule has 3 rings (SSSR count). The summed E-state index contributed by atoms with van der Waals surface area (Å²) in [6.45, 7) is 1.82. The lowest BCUT2D eigenvalue weighted by atomic mass is 10.1. The van der Waals surface area contributed by atoms with E-state index in [0.717, 1.165) is 10.4 Å².